The van der Waals surface area contributed by atoms with E-state index in [9.17, 15) is 9.32 Å². The van der Waals surface area contributed by atoms with Crippen molar-refractivity contribution in [3.63, 3.8) is 0 Å². The highest BCUT2D eigenvalue weighted by Gasteiger charge is 2.30. The summed E-state index contributed by atoms with van der Waals surface area (Å²) < 4.78 is 12.5. The van der Waals surface area contributed by atoms with Gasteiger partial charge in [-0.2, -0.15) is 4.98 Å². The van der Waals surface area contributed by atoms with E-state index in [4.69, 9.17) is 9.97 Å². The Morgan fingerprint density at radius 1 is 1.29 bits per heavy atom. The van der Waals surface area contributed by atoms with Crippen LogP contribution in [0.4, 0.5) is 11.8 Å². The topological polar surface area (TPSA) is 91.2 Å². The lowest BCUT2D eigenvalue weighted by molar-refractivity contribution is 0.233. The van der Waals surface area contributed by atoms with Crippen LogP contribution in [0.25, 0.3) is 5.57 Å². The van der Waals surface area contributed by atoms with E-state index in [1.165, 1.54) is 5.57 Å². The summed E-state index contributed by atoms with van der Waals surface area (Å²) in [5.74, 6) is 7.67. The molecule has 2 aromatic rings. The molecule has 31 heavy (non-hydrogen) atoms. The second-order valence-corrected chi connectivity index (χ2v) is 9.85. The molecule has 0 spiro atoms. The van der Waals surface area contributed by atoms with Gasteiger partial charge < -0.3 is 15.3 Å². The Bertz CT molecular complexity index is 1100. The van der Waals surface area contributed by atoms with Crippen LogP contribution in [0, 0.1) is 11.8 Å². The fourth-order valence-corrected chi connectivity index (χ4v) is 4.96. The number of aryl methyl sites for hydroxylation is 1. The lowest BCUT2D eigenvalue weighted by Gasteiger charge is -2.29. The molecule has 2 aromatic heterocycles. The number of hydrogen-bond donors (Lipinski definition) is 2. The number of aliphatic hydroxyl groups excluding tert-OH is 1. The van der Waals surface area contributed by atoms with Crippen LogP contribution in [0.5, 0.6) is 0 Å². The van der Waals surface area contributed by atoms with Gasteiger partial charge in [-0.25, -0.2) is 4.98 Å². The SMILES string of the molecule is CC#Cc1ccc(C2=CCN(c3nc4c(c(NC(C)(C)CO)n3)S(=O)CC4)CC2)nc1. The average Bonchev–Trinajstić information content (AvgIpc) is 3.15. The van der Waals surface area contributed by atoms with Crippen LogP contribution in [-0.2, 0) is 17.2 Å². The number of hydrogen-bond acceptors (Lipinski definition) is 7. The van der Waals surface area contributed by atoms with E-state index in [1.807, 2.05) is 39.1 Å². The molecule has 1 unspecified atom stereocenters. The smallest absolute Gasteiger partial charge is 0.227 e. The highest BCUT2D eigenvalue weighted by Crippen LogP contribution is 2.32. The highest BCUT2D eigenvalue weighted by molar-refractivity contribution is 7.85. The number of rotatable bonds is 5. The first kappa shape index (κ1) is 21.5. The van der Waals surface area contributed by atoms with Gasteiger partial charge in [0, 0.05) is 37.0 Å². The number of nitrogens with one attached hydrogen (secondary N) is 1. The predicted molar refractivity (Wildman–Crippen MR) is 123 cm³/mol. The van der Waals surface area contributed by atoms with Crippen molar-refractivity contribution < 1.29 is 9.32 Å². The van der Waals surface area contributed by atoms with Gasteiger partial charge in [-0.05, 0) is 44.9 Å². The molecule has 0 amide bonds. The minimum absolute atomic E-state index is 0.0564. The summed E-state index contributed by atoms with van der Waals surface area (Å²) in [6.45, 7) is 6.99. The second kappa shape index (κ2) is 8.77. The van der Waals surface area contributed by atoms with Crippen molar-refractivity contribution in [1.29, 1.82) is 0 Å². The Balaban J connectivity index is 1.58. The maximum absolute atomic E-state index is 12.5. The number of aliphatic hydroxyl groups is 1. The number of aromatic nitrogens is 3. The van der Waals surface area contributed by atoms with Gasteiger partial charge in [-0.1, -0.05) is 12.0 Å². The van der Waals surface area contributed by atoms with Gasteiger partial charge >= 0.3 is 0 Å². The van der Waals surface area contributed by atoms with Crippen molar-refractivity contribution in [2.45, 2.75) is 44.0 Å². The quantitative estimate of drug-likeness (QED) is 0.694. The largest absolute Gasteiger partial charge is 0.394 e. The van der Waals surface area contributed by atoms with Crippen molar-refractivity contribution in [3.8, 4) is 11.8 Å². The predicted octanol–water partition coefficient (Wildman–Crippen LogP) is 2.38. The molecule has 0 fully saturated rings. The number of nitrogens with zero attached hydrogens (tertiary/aromatic N) is 4. The third-order valence-electron chi connectivity index (χ3n) is 5.38. The molecule has 0 bridgehead atoms. The molecule has 0 saturated heterocycles. The Labute approximate surface area is 185 Å². The molecule has 0 aliphatic carbocycles. The highest BCUT2D eigenvalue weighted by atomic mass is 32.2. The van der Waals surface area contributed by atoms with Crippen LogP contribution >= 0.6 is 0 Å². The van der Waals surface area contributed by atoms with Crippen LogP contribution in [-0.4, -0.2) is 55.3 Å². The third kappa shape index (κ3) is 4.63. The maximum Gasteiger partial charge on any atom is 0.227 e. The first-order chi connectivity index (χ1) is 14.9. The summed E-state index contributed by atoms with van der Waals surface area (Å²) >= 11 is 0. The minimum Gasteiger partial charge on any atom is -0.394 e. The zero-order valence-electron chi connectivity index (χ0n) is 18.1. The van der Waals surface area contributed by atoms with Crippen LogP contribution in [0.1, 0.15) is 44.1 Å². The summed E-state index contributed by atoms with van der Waals surface area (Å²) in [6, 6.07) is 4.01. The first-order valence-corrected chi connectivity index (χ1v) is 11.7. The summed E-state index contributed by atoms with van der Waals surface area (Å²) in [5, 5.41) is 12.9. The monoisotopic (exact) mass is 437 g/mol. The van der Waals surface area contributed by atoms with Gasteiger partial charge in [0.2, 0.25) is 5.95 Å². The molecular weight excluding hydrogens is 410 g/mol. The van der Waals surface area contributed by atoms with E-state index in [0.717, 1.165) is 29.9 Å². The lowest BCUT2D eigenvalue weighted by atomic mass is 10.0. The van der Waals surface area contributed by atoms with E-state index >= 15 is 0 Å². The molecule has 2 N–H and O–H groups in total. The van der Waals surface area contributed by atoms with E-state index in [2.05, 4.69) is 33.1 Å². The number of anilines is 2. The molecule has 4 rings (SSSR count). The van der Waals surface area contributed by atoms with Crippen LogP contribution in [0.2, 0.25) is 0 Å². The molecule has 2 aliphatic rings. The van der Waals surface area contributed by atoms with Gasteiger partial charge in [0.25, 0.3) is 0 Å². The second-order valence-electron chi connectivity index (χ2n) is 8.35. The molecule has 162 valence electrons. The van der Waals surface area contributed by atoms with Crippen molar-refractivity contribution >= 4 is 28.1 Å². The molecule has 1 atom stereocenters. The van der Waals surface area contributed by atoms with E-state index in [0.29, 0.717) is 35.4 Å². The molecule has 7 nitrogen and oxygen atoms in total. The molecular formula is C23H27N5O2S. The van der Waals surface area contributed by atoms with Gasteiger partial charge in [-0.3, -0.25) is 9.19 Å². The van der Waals surface area contributed by atoms with Gasteiger partial charge in [0.15, 0.2) is 0 Å². The van der Waals surface area contributed by atoms with Crippen LogP contribution in [0.3, 0.4) is 0 Å². The molecule has 8 heteroatoms. The molecule has 0 aromatic carbocycles. The van der Waals surface area contributed by atoms with Gasteiger partial charge in [0.1, 0.15) is 10.7 Å². The Hall–Kier alpha value is -2.76. The van der Waals surface area contributed by atoms with Gasteiger partial charge in [-0.15, -0.1) is 5.92 Å². The van der Waals surface area contributed by atoms with Crippen molar-refractivity contribution in [3.05, 3.63) is 41.4 Å². The Morgan fingerprint density at radius 2 is 2.13 bits per heavy atom. The van der Waals surface area contributed by atoms with Crippen molar-refractivity contribution in [2.24, 2.45) is 0 Å². The maximum atomic E-state index is 12.5. The van der Waals surface area contributed by atoms with Gasteiger partial charge in [0.05, 0.1) is 34.3 Å². The Morgan fingerprint density at radius 3 is 2.77 bits per heavy atom. The minimum atomic E-state index is -1.11. The average molecular weight is 438 g/mol. The lowest BCUT2D eigenvalue weighted by Crippen LogP contribution is -2.36. The third-order valence-corrected chi connectivity index (χ3v) is 6.84. The summed E-state index contributed by atoms with van der Waals surface area (Å²) in [6.07, 6.45) is 5.49. The van der Waals surface area contributed by atoms with Crippen molar-refractivity contribution in [1.82, 2.24) is 15.0 Å². The standard InChI is InChI=1S/C23H27N5O2S/c1-4-5-16-6-7-18(24-14-16)17-8-11-28(12-9-17)22-25-19-10-13-31(30)20(19)21(26-22)27-23(2,3)15-29/h6-8,14,29H,9-13,15H2,1-3H3,(H,25,26,27). The van der Waals surface area contributed by atoms with E-state index in [-0.39, 0.29) is 6.61 Å². The first-order valence-electron chi connectivity index (χ1n) is 10.4. The van der Waals surface area contributed by atoms with E-state index < -0.39 is 16.3 Å². The fourth-order valence-electron chi connectivity index (χ4n) is 3.66. The fraction of sp³-hybridized carbons (Fsp3) is 0.435. The van der Waals surface area contributed by atoms with Crippen LogP contribution < -0.4 is 10.2 Å². The summed E-state index contributed by atoms with van der Waals surface area (Å²) in [7, 11) is -1.11. The number of pyridine rings is 1. The number of fused-ring (bicyclic) bond motifs is 1. The summed E-state index contributed by atoms with van der Waals surface area (Å²) in [4.78, 5) is 16.8. The zero-order chi connectivity index (χ0) is 22.0. The molecule has 0 radical (unpaired) electrons. The normalized spacial score (nSPS) is 18.1. The summed E-state index contributed by atoms with van der Waals surface area (Å²) in [5.41, 5.74) is 3.36. The molecule has 0 saturated carbocycles. The zero-order valence-corrected chi connectivity index (χ0v) is 18.9. The Kier molecular flexibility index (Phi) is 6.08. The van der Waals surface area contributed by atoms with Crippen molar-refractivity contribution in [2.75, 3.05) is 35.7 Å². The van der Waals surface area contributed by atoms with Crippen LogP contribution in [0.15, 0.2) is 29.3 Å². The molecule has 4 heterocycles. The van der Waals surface area contributed by atoms with E-state index in [1.54, 1.807) is 0 Å². The molecule has 2 aliphatic heterocycles.